The molecule has 0 amide bonds. The Balaban J connectivity index is 2.54. The zero-order chi connectivity index (χ0) is 13.3. The van der Waals surface area contributed by atoms with E-state index in [1.54, 1.807) is 18.5 Å². The van der Waals surface area contributed by atoms with Crippen molar-refractivity contribution in [1.82, 2.24) is 9.97 Å². The van der Waals surface area contributed by atoms with Gasteiger partial charge in [0, 0.05) is 24.9 Å². The molecule has 0 saturated carbocycles. The van der Waals surface area contributed by atoms with E-state index in [-0.39, 0.29) is 5.69 Å². The molecule has 0 saturated heterocycles. The van der Waals surface area contributed by atoms with E-state index in [9.17, 15) is 8.78 Å². The van der Waals surface area contributed by atoms with E-state index >= 15 is 0 Å². The number of aromatic nitrogens is 2. The van der Waals surface area contributed by atoms with Gasteiger partial charge in [0.05, 0.1) is 11.4 Å². The number of hydrogen-bond acceptors (Lipinski definition) is 3. The van der Waals surface area contributed by atoms with Gasteiger partial charge in [-0.25, -0.2) is 4.98 Å². The molecule has 0 bridgehead atoms. The number of nitrogen functional groups attached to an aromatic ring is 1. The first-order chi connectivity index (χ1) is 8.38. The molecule has 2 aromatic rings. The quantitative estimate of drug-likeness (QED) is 0.889. The molecule has 0 fully saturated rings. The first-order valence-electron chi connectivity index (χ1n) is 5.45. The van der Waals surface area contributed by atoms with Gasteiger partial charge in [0.25, 0.3) is 5.92 Å². The normalized spacial score (nSPS) is 11.6. The molecular formula is C13H13F2N3. The van der Waals surface area contributed by atoms with Crippen LogP contribution in [0.25, 0.3) is 11.3 Å². The molecule has 0 aliphatic rings. The van der Waals surface area contributed by atoms with Gasteiger partial charge in [-0.1, -0.05) is 0 Å². The maximum atomic E-state index is 13.3. The number of nitrogens with two attached hydrogens (primary N) is 1. The largest absolute Gasteiger partial charge is 0.397 e. The fourth-order valence-electron chi connectivity index (χ4n) is 1.68. The topological polar surface area (TPSA) is 51.8 Å². The molecule has 0 aromatic carbocycles. The minimum atomic E-state index is -3.06. The number of hydrogen-bond donors (Lipinski definition) is 1. The molecule has 3 nitrogen and oxygen atoms in total. The molecule has 2 aromatic heterocycles. The van der Waals surface area contributed by atoms with Crippen molar-refractivity contribution in [2.24, 2.45) is 0 Å². The zero-order valence-corrected chi connectivity index (χ0v) is 10.1. The average molecular weight is 249 g/mol. The molecule has 18 heavy (non-hydrogen) atoms. The number of halogens is 2. The number of aryl methyl sites for hydroxylation is 1. The van der Waals surface area contributed by atoms with Crippen molar-refractivity contribution in [3.63, 3.8) is 0 Å². The maximum absolute atomic E-state index is 13.3. The second kappa shape index (κ2) is 4.33. The first-order valence-corrected chi connectivity index (χ1v) is 5.45. The van der Waals surface area contributed by atoms with E-state index in [1.165, 1.54) is 6.07 Å². The average Bonchev–Trinajstić information content (AvgIpc) is 2.28. The molecule has 2 heterocycles. The highest BCUT2D eigenvalue weighted by molar-refractivity contribution is 5.62. The Morgan fingerprint density at radius 2 is 1.94 bits per heavy atom. The summed E-state index contributed by atoms with van der Waals surface area (Å²) in [6.45, 7) is 2.66. The summed E-state index contributed by atoms with van der Waals surface area (Å²) >= 11 is 0. The van der Waals surface area contributed by atoms with Gasteiger partial charge in [0.2, 0.25) is 0 Å². The van der Waals surface area contributed by atoms with Crippen LogP contribution >= 0.6 is 0 Å². The van der Waals surface area contributed by atoms with Gasteiger partial charge in [-0.3, -0.25) is 4.98 Å². The van der Waals surface area contributed by atoms with Crippen LogP contribution in [0, 0.1) is 6.92 Å². The lowest BCUT2D eigenvalue weighted by Crippen LogP contribution is -2.13. The monoisotopic (exact) mass is 249 g/mol. The van der Waals surface area contributed by atoms with Crippen LogP contribution < -0.4 is 5.73 Å². The molecule has 0 aliphatic carbocycles. The molecular weight excluding hydrogens is 236 g/mol. The number of pyridine rings is 2. The van der Waals surface area contributed by atoms with Crippen molar-refractivity contribution in [3.05, 3.63) is 41.9 Å². The van der Waals surface area contributed by atoms with E-state index in [0.717, 1.165) is 12.5 Å². The predicted molar refractivity (Wildman–Crippen MR) is 66.2 cm³/mol. The molecule has 0 aliphatic heterocycles. The van der Waals surface area contributed by atoms with Crippen LogP contribution in [0.5, 0.6) is 0 Å². The standard InChI is InChI=1S/C13H13F2N3/c1-8-5-9(7-17-6-8)11-4-3-10(16)12(18-11)13(2,14)15/h3-7H,16H2,1-2H3. The third kappa shape index (κ3) is 2.45. The van der Waals surface area contributed by atoms with Crippen molar-refractivity contribution in [2.75, 3.05) is 5.73 Å². The van der Waals surface area contributed by atoms with Crippen molar-refractivity contribution in [3.8, 4) is 11.3 Å². The van der Waals surface area contributed by atoms with Crippen LogP contribution in [0.2, 0.25) is 0 Å². The summed E-state index contributed by atoms with van der Waals surface area (Å²) in [6.07, 6.45) is 3.28. The van der Waals surface area contributed by atoms with Crippen LogP contribution in [0.15, 0.2) is 30.6 Å². The molecule has 0 spiro atoms. The van der Waals surface area contributed by atoms with Gasteiger partial charge in [0.15, 0.2) is 0 Å². The summed E-state index contributed by atoms with van der Waals surface area (Å²) in [5, 5.41) is 0. The van der Waals surface area contributed by atoms with Crippen molar-refractivity contribution in [1.29, 1.82) is 0 Å². The Kier molecular flexibility index (Phi) is 2.98. The van der Waals surface area contributed by atoms with Crippen molar-refractivity contribution < 1.29 is 8.78 Å². The van der Waals surface area contributed by atoms with E-state index in [0.29, 0.717) is 11.3 Å². The van der Waals surface area contributed by atoms with Gasteiger partial charge in [-0.2, -0.15) is 8.78 Å². The molecule has 5 heteroatoms. The summed E-state index contributed by atoms with van der Waals surface area (Å²) in [4.78, 5) is 7.96. The van der Waals surface area contributed by atoms with Gasteiger partial charge in [-0.15, -0.1) is 0 Å². The van der Waals surface area contributed by atoms with Crippen molar-refractivity contribution in [2.45, 2.75) is 19.8 Å². The molecule has 2 rings (SSSR count). The van der Waals surface area contributed by atoms with Crippen LogP contribution in [0.3, 0.4) is 0 Å². The van der Waals surface area contributed by atoms with Crippen LogP contribution in [0.4, 0.5) is 14.5 Å². The summed E-state index contributed by atoms with van der Waals surface area (Å²) < 4.78 is 26.7. The van der Waals surface area contributed by atoms with E-state index in [2.05, 4.69) is 9.97 Å². The number of nitrogens with zero attached hydrogens (tertiary/aromatic N) is 2. The summed E-state index contributed by atoms with van der Waals surface area (Å²) in [6, 6.07) is 4.89. The van der Waals surface area contributed by atoms with E-state index in [1.807, 2.05) is 13.0 Å². The number of alkyl halides is 2. The van der Waals surface area contributed by atoms with E-state index in [4.69, 9.17) is 5.73 Å². The highest BCUT2D eigenvalue weighted by Gasteiger charge is 2.29. The molecule has 0 radical (unpaired) electrons. The first kappa shape index (κ1) is 12.4. The minimum Gasteiger partial charge on any atom is -0.397 e. The number of rotatable bonds is 2. The minimum absolute atomic E-state index is 0.00753. The maximum Gasteiger partial charge on any atom is 0.289 e. The smallest absolute Gasteiger partial charge is 0.289 e. The Bertz CT molecular complexity index is 577. The summed E-state index contributed by atoms with van der Waals surface area (Å²) in [5.41, 5.74) is 7.19. The SMILES string of the molecule is Cc1cncc(-c2ccc(N)c(C(C)(F)F)n2)c1. The highest BCUT2D eigenvalue weighted by Crippen LogP contribution is 2.31. The second-order valence-electron chi connectivity index (χ2n) is 4.27. The predicted octanol–water partition coefficient (Wildman–Crippen LogP) is 3.15. The Morgan fingerprint density at radius 3 is 2.56 bits per heavy atom. The number of anilines is 1. The van der Waals surface area contributed by atoms with Crippen LogP contribution in [-0.2, 0) is 5.92 Å². The lowest BCUT2D eigenvalue weighted by atomic mass is 10.1. The highest BCUT2D eigenvalue weighted by atomic mass is 19.3. The summed E-state index contributed by atoms with van der Waals surface area (Å²) in [7, 11) is 0. The van der Waals surface area contributed by atoms with Crippen LogP contribution in [0.1, 0.15) is 18.2 Å². The fraction of sp³-hybridized carbons (Fsp3) is 0.231. The lowest BCUT2D eigenvalue weighted by molar-refractivity contribution is 0.0138. The Hall–Kier alpha value is -2.04. The second-order valence-corrected chi connectivity index (χ2v) is 4.27. The molecule has 0 unspecified atom stereocenters. The third-order valence-corrected chi connectivity index (χ3v) is 2.51. The summed E-state index contributed by atoms with van der Waals surface area (Å²) in [5.74, 6) is -3.06. The molecule has 2 N–H and O–H groups in total. The Labute approximate surface area is 104 Å². The fourth-order valence-corrected chi connectivity index (χ4v) is 1.68. The zero-order valence-electron chi connectivity index (χ0n) is 10.1. The van der Waals surface area contributed by atoms with Gasteiger partial charge >= 0.3 is 0 Å². The lowest BCUT2D eigenvalue weighted by Gasteiger charge is -2.13. The van der Waals surface area contributed by atoms with Gasteiger partial charge < -0.3 is 5.73 Å². The van der Waals surface area contributed by atoms with E-state index < -0.39 is 11.6 Å². The van der Waals surface area contributed by atoms with Crippen LogP contribution in [-0.4, -0.2) is 9.97 Å². The van der Waals surface area contributed by atoms with Gasteiger partial charge in [-0.05, 0) is 30.7 Å². The molecule has 0 atom stereocenters. The Morgan fingerprint density at radius 1 is 1.22 bits per heavy atom. The molecule has 94 valence electrons. The van der Waals surface area contributed by atoms with Gasteiger partial charge in [0.1, 0.15) is 5.69 Å². The third-order valence-electron chi connectivity index (χ3n) is 2.51. The van der Waals surface area contributed by atoms with Crippen molar-refractivity contribution >= 4 is 5.69 Å².